The number of hydrogen-bond acceptors (Lipinski definition) is 1. The van der Waals surface area contributed by atoms with Gasteiger partial charge in [-0.15, -0.1) is 0 Å². The van der Waals surface area contributed by atoms with Crippen molar-refractivity contribution >= 4 is 11.6 Å². The van der Waals surface area contributed by atoms with Gasteiger partial charge >= 0.3 is 0 Å². The third kappa shape index (κ3) is 3.75. The Bertz CT molecular complexity index is 555. The van der Waals surface area contributed by atoms with Crippen molar-refractivity contribution in [2.45, 2.75) is 18.9 Å². The van der Waals surface area contributed by atoms with Crippen LogP contribution in [0.25, 0.3) is 0 Å². The van der Waals surface area contributed by atoms with Crippen LogP contribution in [0.3, 0.4) is 0 Å². The quantitative estimate of drug-likeness (QED) is 0.905. The molecule has 0 fully saturated rings. The van der Waals surface area contributed by atoms with E-state index in [9.17, 15) is 13.9 Å². The number of hydrogen-bond donors (Lipinski definition) is 1. The van der Waals surface area contributed by atoms with Gasteiger partial charge in [-0.1, -0.05) is 35.9 Å². The lowest BCUT2D eigenvalue weighted by atomic mass is 10.0. The summed E-state index contributed by atoms with van der Waals surface area (Å²) in [6.07, 6.45) is -0.228. The van der Waals surface area contributed by atoms with E-state index in [1.807, 2.05) is 0 Å². The molecule has 2 aromatic rings. The molecule has 0 heterocycles. The number of aliphatic hydroxyl groups excluding tert-OH is 1. The maximum absolute atomic E-state index is 13.7. The fraction of sp³-hybridized carbons (Fsp3) is 0.200. The highest BCUT2D eigenvalue weighted by Crippen LogP contribution is 2.20. The fourth-order valence-corrected chi connectivity index (χ4v) is 2.12. The van der Waals surface area contributed by atoms with Crippen LogP contribution in [0, 0.1) is 11.6 Å². The maximum Gasteiger partial charge on any atom is 0.145 e. The van der Waals surface area contributed by atoms with Crippen molar-refractivity contribution in [1.82, 2.24) is 0 Å². The third-order valence-electron chi connectivity index (χ3n) is 2.87. The molecular formula is C15H13ClF2O. The maximum atomic E-state index is 13.7. The van der Waals surface area contributed by atoms with Crippen molar-refractivity contribution in [1.29, 1.82) is 0 Å². The molecule has 0 spiro atoms. The van der Waals surface area contributed by atoms with Gasteiger partial charge in [-0.2, -0.15) is 0 Å². The number of halogens is 3. The Kier molecular flexibility index (Phi) is 4.51. The summed E-state index contributed by atoms with van der Waals surface area (Å²) in [5.74, 6) is -0.818. The molecule has 2 rings (SSSR count). The molecule has 0 aromatic heterocycles. The summed E-state index contributed by atoms with van der Waals surface area (Å²) in [6.45, 7) is 0. The average molecular weight is 283 g/mol. The second-order valence-electron chi connectivity index (χ2n) is 4.40. The van der Waals surface area contributed by atoms with E-state index in [1.54, 1.807) is 24.3 Å². The Labute approximate surface area is 115 Å². The van der Waals surface area contributed by atoms with E-state index < -0.39 is 11.9 Å². The summed E-state index contributed by atoms with van der Waals surface area (Å²) in [6, 6.07) is 10.6. The SMILES string of the molecule is OC(Cc1ccc(F)cc1)Cc1cccc(Cl)c1F. The van der Waals surface area contributed by atoms with Crippen molar-refractivity contribution < 1.29 is 13.9 Å². The highest BCUT2D eigenvalue weighted by atomic mass is 35.5. The molecule has 1 N–H and O–H groups in total. The smallest absolute Gasteiger partial charge is 0.145 e. The van der Waals surface area contributed by atoms with Crippen molar-refractivity contribution in [3.63, 3.8) is 0 Å². The lowest BCUT2D eigenvalue weighted by molar-refractivity contribution is 0.174. The molecule has 0 amide bonds. The highest BCUT2D eigenvalue weighted by molar-refractivity contribution is 6.30. The van der Waals surface area contributed by atoms with Crippen LogP contribution >= 0.6 is 11.6 Å². The molecule has 0 saturated carbocycles. The van der Waals surface area contributed by atoms with Crippen LogP contribution in [-0.2, 0) is 12.8 Å². The largest absolute Gasteiger partial charge is 0.392 e. The van der Waals surface area contributed by atoms with Gasteiger partial charge in [0.25, 0.3) is 0 Å². The van der Waals surface area contributed by atoms with Gasteiger partial charge in [0.05, 0.1) is 11.1 Å². The van der Waals surface area contributed by atoms with Gasteiger partial charge in [-0.25, -0.2) is 8.78 Å². The van der Waals surface area contributed by atoms with Crippen molar-refractivity contribution in [3.05, 3.63) is 70.2 Å². The molecule has 2 aromatic carbocycles. The Balaban J connectivity index is 2.03. The van der Waals surface area contributed by atoms with Gasteiger partial charge in [-0.05, 0) is 35.7 Å². The zero-order valence-corrected chi connectivity index (χ0v) is 10.9. The molecule has 0 bridgehead atoms. The minimum Gasteiger partial charge on any atom is -0.392 e. The summed E-state index contributed by atoms with van der Waals surface area (Å²) < 4.78 is 26.4. The molecule has 1 atom stereocenters. The molecule has 19 heavy (non-hydrogen) atoms. The summed E-state index contributed by atoms with van der Waals surface area (Å²) in [5.41, 5.74) is 1.18. The van der Waals surface area contributed by atoms with Crippen LogP contribution in [-0.4, -0.2) is 11.2 Å². The van der Waals surface area contributed by atoms with Crippen LogP contribution in [0.15, 0.2) is 42.5 Å². The molecule has 0 radical (unpaired) electrons. The van der Waals surface area contributed by atoms with Crippen molar-refractivity contribution in [2.24, 2.45) is 0 Å². The topological polar surface area (TPSA) is 20.2 Å². The van der Waals surface area contributed by atoms with E-state index in [4.69, 9.17) is 11.6 Å². The van der Waals surface area contributed by atoms with E-state index in [0.29, 0.717) is 12.0 Å². The highest BCUT2D eigenvalue weighted by Gasteiger charge is 2.12. The fourth-order valence-electron chi connectivity index (χ4n) is 1.92. The van der Waals surface area contributed by atoms with Crippen LogP contribution in [0.2, 0.25) is 5.02 Å². The first-order chi connectivity index (χ1) is 9.06. The van der Waals surface area contributed by atoms with Gasteiger partial charge in [-0.3, -0.25) is 0 Å². The van der Waals surface area contributed by atoms with E-state index in [-0.39, 0.29) is 17.3 Å². The zero-order chi connectivity index (χ0) is 13.8. The minimum atomic E-state index is -0.738. The summed E-state index contributed by atoms with van der Waals surface area (Å²) >= 11 is 5.68. The summed E-state index contributed by atoms with van der Waals surface area (Å²) in [4.78, 5) is 0. The Morgan fingerprint density at radius 2 is 1.68 bits per heavy atom. The predicted molar refractivity (Wildman–Crippen MR) is 71.2 cm³/mol. The van der Waals surface area contributed by atoms with E-state index >= 15 is 0 Å². The first-order valence-electron chi connectivity index (χ1n) is 5.91. The number of rotatable bonds is 4. The van der Waals surface area contributed by atoms with E-state index in [1.165, 1.54) is 18.2 Å². The van der Waals surface area contributed by atoms with E-state index in [2.05, 4.69) is 0 Å². The predicted octanol–water partition coefficient (Wildman–Crippen LogP) is 3.76. The van der Waals surface area contributed by atoms with Gasteiger partial charge in [0.1, 0.15) is 11.6 Å². The van der Waals surface area contributed by atoms with Crippen LogP contribution in [0.5, 0.6) is 0 Å². The molecule has 1 nitrogen and oxygen atoms in total. The first kappa shape index (κ1) is 14.0. The molecule has 0 aliphatic rings. The number of aliphatic hydroxyl groups is 1. The van der Waals surface area contributed by atoms with Crippen LogP contribution in [0.4, 0.5) is 8.78 Å². The molecule has 100 valence electrons. The standard InChI is InChI=1S/C15H13ClF2O/c16-14-3-1-2-11(15(14)18)9-13(19)8-10-4-6-12(17)7-5-10/h1-7,13,19H,8-9H2. The molecule has 0 aliphatic heterocycles. The Morgan fingerprint density at radius 3 is 2.37 bits per heavy atom. The van der Waals surface area contributed by atoms with Crippen LogP contribution < -0.4 is 0 Å². The van der Waals surface area contributed by atoms with Crippen LogP contribution in [0.1, 0.15) is 11.1 Å². The average Bonchev–Trinajstić information content (AvgIpc) is 2.38. The third-order valence-corrected chi connectivity index (χ3v) is 3.16. The monoisotopic (exact) mass is 282 g/mol. The summed E-state index contributed by atoms with van der Waals surface area (Å²) in [7, 11) is 0. The van der Waals surface area contributed by atoms with Gasteiger partial charge in [0, 0.05) is 6.42 Å². The Morgan fingerprint density at radius 1 is 1.00 bits per heavy atom. The van der Waals surface area contributed by atoms with Crippen molar-refractivity contribution in [2.75, 3.05) is 0 Å². The van der Waals surface area contributed by atoms with Gasteiger partial charge in [0.2, 0.25) is 0 Å². The molecule has 1 unspecified atom stereocenters. The van der Waals surface area contributed by atoms with Crippen molar-refractivity contribution in [3.8, 4) is 0 Å². The Hall–Kier alpha value is -1.45. The normalized spacial score (nSPS) is 12.4. The van der Waals surface area contributed by atoms with Gasteiger partial charge < -0.3 is 5.11 Å². The second-order valence-corrected chi connectivity index (χ2v) is 4.81. The minimum absolute atomic E-state index is 0.0477. The molecule has 0 aliphatic carbocycles. The zero-order valence-electron chi connectivity index (χ0n) is 10.1. The lowest BCUT2D eigenvalue weighted by Crippen LogP contribution is -2.15. The molecule has 0 saturated heterocycles. The molecular weight excluding hydrogens is 270 g/mol. The lowest BCUT2D eigenvalue weighted by Gasteiger charge is -2.12. The molecule has 4 heteroatoms. The number of benzene rings is 2. The van der Waals surface area contributed by atoms with Gasteiger partial charge in [0.15, 0.2) is 0 Å². The summed E-state index contributed by atoms with van der Waals surface area (Å²) in [5, 5.41) is 9.98. The first-order valence-corrected chi connectivity index (χ1v) is 6.29. The van der Waals surface area contributed by atoms with E-state index in [0.717, 1.165) is 5.56 Å². The second kappa shape index (κ2) is 6.13.